The molecule has 0 spiro atoms. The minimum absolute atomic E-state index is 0.0478. The Morgan fingerprint density at radius 2 is 1.41 bits per heavy atom. The van der Waals surface area contributed by atoms with Crippen LogP contribution in [0.25, 0.3) is 0 Å². The highest BCUT2D eigenvalue weighted by Gasteiger charge is 2.38. The number of carbonyl (C=O) groups is 8. The number of likely N-dealkylation sites (tertiary alicyclic amines) is 1. The van der Waals surface area contributed by atoms with Gasteiger partial charge in [0, 0.05) is 32.4 Å². The van der Waals surface area contributed by atoms with E-state index in [0.717, 1.165) is 0 Å². The zero-order valence-corrected chi connectivity index (χ0v) is 33.0. The first-order valence-electron chi connectivity index (χ1n) is 18.7. The number of hydrogen-bond acceptors (Lipinski definition) is 12. The van der Waals surface area contributed by atoms with E-state index in [4.69, 9.17) is 22.9 Å². The summed E-state index contributed by atoms with van der Waals surface area (Å²) in [6.45, 7) is 5.92. The number of nitrogens with zero attached hydrogens (tertiary/aromatic N) is 2. The number of aliphatic hydroxyl groups is 1. The number of aliphatic carboxylic acids is 1. The Morgan fingerprint density at radius 3 is 1.97 bits per heavy atom. The maximum absolute atomic E-state index is 13.7. The highest BCUT2D eigenvalue weighted by molar-refractivity contribution is 5.96. The van der Waals surface area contributed by atoms with E-state index in [1.54, 1.807) is 13.8 Å². The predicted octanol–water partition coefficient (Wildman–Crippen LogP) is -4.25. The molecule has 2 rings (SSSR count). The van der Waals surface area contributed by atoms with Gasteiger partial charge in [0.25, 0.3) is 0 Å². The maximum atomic E-state index is 13.7. The molecule has 22 heteroatoms. The van der Waals surface area contributed by atoms with Crippen molar-refractivity contribution in [2.75, 3.05) is 13.1 Å². The summed E-state index contributed by atoms with van der Waals surface area (Å²) in [6, 6.07) is -2.86. The Kier molecular flexibility index (Phi) is 18.8. The van der Waals surface area contributed by atoms with Crippen LogP contribution in [0.3, 0.4) is 0 Å². The number of benzene rings is 1. The summed E-state index contributed by atoms with van der Waals surface area (Å²) < 4.78 is 0. The zero-order valence-electron chi connectivity index (χ0n) is 33.0. The number of primary amides is 1. The van der Waals surface area contributed by atoms with E-state index in [-0.39, 0.29) is 50.5 Å². The van der Waals surface area contributed by atoms with Crippen molar-refractivity contribution in [3.05, 3.63) is 29.8 Å². The number of hydrogen-bond donors (Lipinski definition) is 12. The van der Waals surface area contributed by atoms with Gasteiger partial charge >= 0.3 is 5.97 Å². The third-order valence-corrected chi connectivity index (χ3v) is 9.29. The smallest absolute Gasteiger partial charge is 0.303 e. The molecule has 1 aromatic carbocycles. The summed E-state index contributed by atoms with van der Waals surface area (Å²) in [4.78, 5) is 108. The number of rotatable bonds is 23. The second kappa shape index (κ2) is 22.6. The molecule has 8 atom stereocenters. The molecular formula is C36H57N11O11. The number of phenols is 1. The summed E-state index contributed by atoms with van der Waals surface area (Å²) in [5.41, 5.74) is 22.5. The quantitative estimate of drug-likeness (QED) is 0.0283. The molecule has 0 radical (unpaired) electrons. The van der Waals surface area contributed by atoms with Gasteiger partial charge in [-0.3, -0.25) is 43.3 Å². The highest BCUT2D eigenvalue weighted by atomic mass is 16.4. The van der Waals surface area contributed by atoms with Crippen LogP contribution in [-0.2, 0) is 44.8 Å². The fourth-order valence-electron chi connectivity index (χ4n) is 5.90. The van der Waals surface area contributed by atoms with E-state index in [0.29, 0.717) is 12.0 Å². The van der Waals surface area contributed by atoms with Crippen molar-refractivity contribution < 1.29 is 53.7 Å². The van der Waals surface area contributed by atoms with Gasteiger partial charge in [0.1, 0.15) is 36.0 Å². The first kappa shape index (κ1) is 48.1. The summed E-state index contributed by atoms with van der Waals surface area (Å²) in [7, 11) is 0. The highest BCUT2D eigenvalue weighted by Crippen LogP contribution is 2.16. The lowest BCUT2D eigenvalue weighted by atomic mass is 10.00. The van der Waals surface area contributed by atoms with E-state index in [2.05, 4.69) is 31.6 Å². The van der Waals surface area contributed by atoms with Crippen LogP contribution in [0, 0.1) is 5.92 Å². The van der Waals surface area contributed by atoms with Crippen molar-refractivity contribution in [3.8, 4) is 5.75 Å². The van der Waals surface area contributed by atoms with Crippen LogP contribution in [0.4, 0.5) is 0 Å². The van der Waals surface area contributed by atoms with Crippen molar-refractivity contribution >= 4 is 53.3 Å². The van der Waals surface area contributed by atoms with Gasteiger partial charge in [0.2, 0.25) is 41.4 Å². The van der Waals surface area contributed by atoms with Crippen LogP contribution < -0.4 is 49.5 Å². The summed E-state index contributed by atoms with van der Waals surface area (Å²) in [5.74, 6) is -7.63. The minimum Gasteiger partial charge on any atom is -0.508 e. The predicted molar refractivity (Wildman–Crippen MR) is 208 cm³/mol. The van der Waals surface area contributed by atoms with E-state index in [1.165, 1.54) is 43.0 Å². The van der Waals surface area contributed by atoms with Crippen molar-refractivity contribution in [2.45, 2.75) is 115 Å². The number of aliphatic hydroxyl groups excluding tert-OH is 1. The van der Waals surface area contributed by atoms with E-state index < -0.39 is 108 Å². The van der Waals surface area contributed by atoms with E-state index in [9.17, 15) is 53.7 Å². The molecule has 0 aliphatic carbocycles. The van der Waals surface area contributed by atoms with Gasteiger partial charge in [-0.1, -0.05) is 26.0 Å². The van der Waals surface area contributed by atoms with Crippen molar-refractivity contribution in [3.63, 3.8) is 0 Å². The molecule has 0 saturated carbocycles. The first-order valence-corrected chi connectivity index (χ1v) is 18.7. The molecule has 1 aliphatic heterocycles. The number of amides is 7. The van der Waals surface area contributed by atoms with Gasteiger partial charge in [-0.05, 0) is 56.7 Å². The number of carbonyl (C=O) groups excluding carboxylic acids is 7. The topological polar surface area (TPSA) is 377 Å². The summed E-state index contributed by atoms with van der Waals surface area (Å²) in [6.07, 6.45) is -2.24. The Labute approximate surface area is 335 Å². The number of aliphatic imine (C=N–C) groups is 1. The minimum atomic E-state index is -1.68. The van der Waals surface area contributed by atoms with Crippen LogP contribution in [-0.4, -0.2) is 135 Å². The molecule has 16 N–H and O–H groups in total. The number of aromatic hydroxyl groups is 1. The first-order chi connectivity index (χ1) is 27.1. The molecule has 1 saturated heterocycles. The van der Waals surface area contributed by atoms with Crippen LogP contribution in [0.5, 0.6) is 5.75 Å². The third kappa shape index (κ3) is 15.5. The van der Waals surface area contributed by atoms with E-state index >= 15 is 0 Å². The van der Waals surface area contributed by atoms with Crippen molar-refractivity contribution in [2.24, 2.45) is 33.8 Å². The van der Waals surface area contributed by atoms with Crippen molar-refractivity contribution in [1.29, 1.82) is 0 Å². The number of carboxylic acids is 1. The number of carboxylic acid groups (broad SMARTS) is 1. The van der Waals surface area contributed by atoms with Crippen molar-refractivity contribution in [1.82, 2.24) is 31.5 Å². The standard InChI is InChI=1S/C36H57N11O11/c1-17(2)28(34(57)43-24(11-12-27(51)52)32(55)42-21-15-26(50)47(16-21)18(3)30(38)53)45-35(58)29(19(4)48)46-33(56)25(14-20-7-9-22(49)10-8-20)44-31(54)23(37)6-5-13-41-36(39)40/h7-10,17-19,21,23-25,28-29,48-49H,5-6,11-16,37H2,1-4H3,(H2,38,53)(H,42,55)(H,43,57)(H,44,54)(H,45,58)(H,46,56)(H,51,52)(H4,39,40,41)/t18-,19-,21+,23-,24-,25-,28-,29-/m1/s1. The molecule has 22 nitrogen and oxygen atoms in total. The number of guanidine groups is 1. The molecule has 1 aliphatic rings. The summed E-state index contributed by atoms with van der Waals surface area (Å²) >= 11 is 0. The fraction of sp³-hybridized carbons (Fsp3) is 0.583. The Balaban J connectivity index is 2.24. The van der Waals surface area contributed by atoms with Crippen LogP contribution in [0.1, 0.15) is 65.4 Å². The molecule has 1 heterocycles. The normalized spacial score (nSPS) is 17.4. The van der Waals surface area contributed by atoms with Crippen LogP contribution in [0.2, 0.25) is 0 Å². The molecule has 1 aromatic rings. The lowest BCUT2D eigenvalue weighted by Gasteiger charge is -2.29. The molecule has 322 valence electrons. The number of phenolic OH excluding ortho intramolecular Hbond substituents is 1. The second-order valence-electron chi connectivity index (χ2n) is 14.5. The van der Waals surface area contributed by atoms with Gasteiger partial charge < -0.3 is 69.7 Å². The molecule has 0 unspecified atom stereocenters. The Hall–Kier alpha value is -6.03. The van der Waals surface area contributed by atoms with Gasteiger partial charge in [0.15, 0.2) is 5.96 Å². The largest absolute Gasteiger partial charge is 0.508 e. The number of nitrogens with one attached hydrogen (secondary N) is 5. The molecule has 0 bridgehead atoms. The molecule has 58 heavy (non-hydrogen) atoms. The van der Waals surface area contributed by atoms with E-state index in [1.807, 2.05) is 0 Å². The van der Waals surface area contributed by atoms with Gasteiger partial charge in [-0.15, -0.1) is 0 Å². The zero-order chi connectivity index (χ0) is 43.9. The third-order valence-electron chi connectivity index (χ3n) is 9.29. The number of nitrogens with two attached hydrogens (primary N) is 4. The summed E-state index contributed by atoms with van der Waals surface area (Å²) in [5, 5.41) is 42.2. The van der Waals surface area contributed by atoms with Gasteiger partial charge in [0.05, 0.1) is 18.2 Å². The SMILES string of the molecule is CC(C)[C@@H](NC(=O)[C@H](NC(=O)[C@@H](Cc1ccc(O)cc1)NC(=O)[C@H](N)CCCN=C(N)N)[C@@H](C)O)C(=O)N[C@H](CCC(=O)O)C(=O)N[C@H]1CC(=O)N([C@H](C)C(N)=O)C1. The molecule has 0 aromatic heterocycles. The Bertz CT molecular complexity index is 1670. The lowest BCUT2D eigenvalue weighted by molar-refractivity contribution is -0.138. The average Bonchev–Trinajstić information content (AvgIpc) is 3.51. The Morgan fingerprint density at radius 1 is 0.828 bits per heavy atom. The van der Waals surface area contributed by atoms with Crippen LogP contribution in [0.15, 0.2) is 29.3 Å². The molecule has 7 amide bonds. The second-order valence-corrected chi connectivity index (χ2v) is 14.5. The van der Waals surface area contributed by atoms with Gasteiger partial charge in [-0.2, -0.15) is 0 Å². The lowest BCUT2D eigenvalue weighted by Crippen LogP contribution is -2.62. The molecule has 1 fully saturated rings. The monoisotopic (exact) mass is 819 g/mol. The fourth-order valence-corrected chi connectivity index (χ4v) is 5.90. The van der Waals surface area contributed by atoms with Gasteiger partial charge in [-0.25, -0.2) is 0 Å². The van der Waals surface area contributed by atoms with Crippen LogP contribution >= 0.6 is 0 Å². The molecular weight excluding hydrogens is 762 g/mol. The maximum Gasteiger partial charge on any atom is 0.303 e. The average molecular weight is 820 g/mol.